The highest BCUT2D eigenvalue weighted by Gasteiger charge is 2.29. The van der Waals surface area contributed by atoms with Crippen molar-refractivity contribution in [2.24, 2.45) is 5.92 Å². The van der Waals surface area contributed by atoms with Crippen LogP contribution >= 0.6 is 11.3 Å². The highest BCUT2D eigenvalue weighted by molar-refractivity contribution is 7.12. The van der Waals surface area contributed by atoms with Crippen LogP contribution in [0.3, 0.4) is 0 Å². The van der Waals surface area contributed by atoms with E-state index in [0.717, 1.165) is 16.0 Å². The van der Waals surface area contributed by atoms with Crippen molar-refractivity contribution in [1.29, 1.82) is 0 Å². The Hall–Kier alpha value is -2.14. The number of hydrogen-bond acceptors (Lipinski definition) is 4. The molecule has 1 amide bonds. The number of likely N-dealkylation sites (tertiary alicyclic amines) is 1. The molecule has 1 aromatic heterocycles. The van der Waals surface area contributed by atoms with Crippen molar-refractivity contribution < 1.29 is 14.3 Å². The number of thiophene rings is 1. The lowest BCUT2D eigenvalue weighted by molar-refractivity contribution is -0.146. The Morgan fingerprint density at radius 3 is 2.48 bits per heavy atom. The topological polar surface area (TPSA) is 46.6 Å². The van der Waals surface area contributed by atoms with Gasteiger partial charge < -0.3 is 9.64 Å². The molecule has 1 aliphatic heterocycles. The summed E-state index contributed by atoms with van der Waals surface area (Å²) in [5, 5.41) is 1.96. The molecule has 5 heteroatoms. The monoisotopic (exact) mass is 329 g/mol. The van der Waals surface area contributed by atoms with Crippen molar-refractivity contribution in [3.8, 4) is 11.1 Å². The van der Waals surface area contributed by atoms with Gasteiger partial charge >= 0.3 is 5.97 Å². The number of rotatable bonds is 3. The SMILES string of the molecule is COC(=O)C1CCN(C(=O)c2sccc2-c2ccccc2)CC1. The van der Waals surface area contributed by atoms with Gasteiger partial charge in [0.05, 0.1) is 17.9 Å². The first-order valence-corrected chi connectivity index (χ1v) is 8.58. The third-order valence-corrected chi connectivity index (χ3v) is 5.16. The van der Waals surface area contributed by atoms with E-state index < -0.39 is 0 Å². The van der Waals surface area contributed by atoms with Gasteiger partial charge in [-0.1, -0.05) is 30.3 Å². The number of carbonyl (C=O) groups excluding carboxylic acids is 2. The average Bonchev–Trinajstić information content (AvgIpc) is 3.11. The van der Waals surface area contributed by atoms with Crippen molar-refractivity contribution in [2.75, 3.05) is 20.2 Å². The molecule has 4 nitrogen and oxygen atoms in total. The first-order valence-electron chi connectivity index (χ1n) is 7.70. The molecule has 0 radical (unpaired) electrons. The molecule has 3 rings (SSSR count). The fourth-order valence-corrected chi connectivity index (χ4v) is 3.83. The number of ether oxygens (including phenoxy) is 1. The van der Waals surface area contributed by atoms with Crippen molar-refractivity contribution in [1.82, 2.24) is 4.90 Å². The minimum atomic E-state index is -0.168. The van der Waals surface area contributed by atoms with E-state index in [1.807, 2.05) is 46.7 Å². The summed E-state index contributed by atoms with van der Waals surface area (Å²) < 4.78 is 4.79. The van der Waals surface area contributed by atoms with Crippen LogP contribution in [0, 0.1) is 5.92 Å². The first kappa shape index (κ1) is 15.7. The fourth-order valence-electron chi connectivity index (χ4n) is 2.95. The summed E-state index contributed by atoms with van der Waals surface area (Å²) >= 11 is 1.47. The largest absolute Gasteiger partial charge is 0.469 e. The van der Waals surface area contributed by atoms with Gasteiger partial charge in [0.25, 0.3) is 5.91 Å². The van der Waals surface area contributed by atoms with E-state index in [1.54, 1.807) is 0 Å². The van der Waals surface area contributed by atoms with Crippen molar-refractivity contribution in [2.45, 2.75) is 12.8 Å². The molecule has 0 unspecified atom stereocenters. The van der Waals surface area contributed by atoms with Gasteiger partial charge in [-0.05, 0) is 29.9 Å². The second-order valence-corrected chi connectivity index (χ2v) is 6.54. The highest BCUT2D eigenvalue weighted by atomic mass is 32.1. The Morgan fingerprint density at radius 1 is 1.13 bits per heavy atom. The van der Waals surface area contributed by atoms with Crippen molar-refractivity contribution in [3.63, 3.8) is 0 Å². The molecule has 0 bridgehead atoms. The summed E-state index contributed by atoms with van der Waals surface area (Å²) in [6.45, 7) is 1.20. The van der Waals surface area contributed by atoms with Crippen LogP contribution in [0.4, 0.5) is 0 Å². The Bertz CT molecular complexity index is 687. The molecule has 2 aromatic rings. The van der Waals surface area contributed by atoms with Crippen LogP contribution in [0.1, 0.15) is 22.5 Å². The van der Waals surface area contributed by atoms with Gasteiger partial charge in [-0.3, -0.25) is 9.59 Å². The molecule has 1 aromatic carbocycles. The zero-order valence-corrected chi connectivity index (χ0v) is 13.8. The zero-order valence-electron chi connectivity index (χ0n) is 13.0. The van der Waals surface area contributed by atoms with Crippen LogP contribution in [0.5, 0.6) is 0 Å². The Kier molecular flexibility index (Phi) is 4.76. The van der Waals surface area contributed by atoms with Crippen LogP contribution in [0.25, 0.3) is 11.1 Å². The normalized spacial score (nSPS) is 15.4. The third-order valence-electron chi connectivity index (χ3n) is 4.26. The van der Waals surface area contributed by atoms with E-state index in [9.17, 15) is 9.59 Å². The number of methoxy groups -OCH3 is 1. The summed E-state index contributed by atoms with van der Waals surface area (Å²) in [6, 6.07) is 11.9. The number of esters is 1. The molecule has 0 spiro atoms. The maximum absolute atomic E-state index is 12.8. The van der Waals surface area contributed by atoms with E-state index in [4.69, 9.17) is 4.74 Å². The van der Waals surface area contributed by atoms with E-state index in [1.165, 1.54) is 18.4 Å². The molecule has 0 saturated carbocycles. The predicted molar refractivity (Wildman–Crippen MR) is 90.4 cm³/mol. The average molecular weight is 329 g/mol. The lowest BCUT2D eigenvalue weighted by Gasteiger charge is -2.30. The summed E-state index contributed by atoms with van der Waals surface area (Å²) in [5.74, 6) is -0.193. The number of benzene rings is 1. The Labute approximate surface area is 139 Å². The Balaban J connectivity index is 1.73. The molecule has 1 saturated heterocycles. The maximum Gasteiger partial charge on any atom is 0.308 e. The van der Waals surface area contributed by atoms with E-state index in [0.29, 0.717) is 25.9 Å². The second kappa shape index (κ2) is 6.96. The summed E-state index contributed by atoms with van der Waals surface area (Å²) in [7, 11) is 1.41. The molecular formula is C18H19NO3S. The lowest BCUT2D eigenvalue weighted by atomic mass is 9.96. The summed E-state index contributed by atoms with van der Waals surface area (Å²) in [4.78, 5) is 27.0. The smallest absolute Gasteiger partial charge is 0.308 e. The fraction of sp³-hybridized carbons (Fsp3) is 0.333. The van der Waals surface area contributed by atoms with Crippen LogP contribution in [0.2, 0.25) is 0 Å². The quantitative estimate of drug-likeness (QED) is 0.811. The Morgan fingerprint density at radius 2 is 1.83 bits per heavy atom. The first-order chi connectivity index (χ1) is 11.2. The number of amides is 1. The molecule has 1 fully saturated rings. The van der Waals surface area contributed by atoms with Gasteiger partial charge in [-0.25, -0.2) is 0 Å². The second-order valence-electron chi connectivity index (χ2n) is 5.62. The van der Waals surface area contributed by atoms with Crippen LogP contribution in [0.15, 0.2) is 41.8 Å². The van der Waals surface area contributed by atoms with Gasteiger partial charge in [-0.2, -0.15) is 0 Å². The number of piperidine rings is 1. The molecule has 1 aliphatic rings. The highest BCUT2D eigenvalue weighted by Crippen LogP contribution is 2.30. The van der Waals surface area contributed by atoms with Crippen LogP contribution in [-0.4, -0.2) is 37.0 Å². The molecule has 0 atom stereocenters. The van der Waals surface area contributed by atoms with Crippen molar-refractivity contribution >= 4 is 23.2 Å². The zero-order chi connectivity index (χ0) is 16.2. The van der Waals surface area contributed by atoms with E-state index in [-0.39, 0.29) is 17.8 Å². The maximum atomic E-state index is 12.8. The number of nitrogens with zero attached hydrogens (tertiary/aromatic N) is 1. The van der Waals surface area contributed by atoms with Crippen LogP contribution < -0.4 is 0 Å². The molecule has 23 heavy (non-hydrogen) atoms. The van der Waals surface area contributed by atoms with Gasteiger partial charge in [0.2, 0.25) is 0 Å². The molecule has 2 heterocycles. The standard InChI is InChI=1S/C18H19NO3S/c1-22-18(21)14-7-10-19(11-8-14)17(20)16-15(9-12-23-16)13-5-3-2-4-6-13/h2-6,9,12,14H,7-8,10-11H2,1H3. The molecule has 120 valence electrons. The van der Waals surface area contributed by atoms with Crippen LogP contribution in [-0.2, 0) is 9.53 Å². The molecule has 0 aliphatic carbocycles. The lowest BCUT2D eigenvalue weighted by Crippen LogP contribution is -2.40. The van der Waals surface area contributed by atoms with E-state index >= 15 is 0 Å². The number of carbonyl (C=O) groups is 2. The van der Waals surface area contributed by atoms with Crippen molar-refractivity contribution in [3.05, 3.63) is 46.7 Å². The van der Waals surface area contributed by atoms with Gasteiger partial charge in [0.1, 0.15) is 0 Å². The minimum absolute atomic E-state index is 0.0576. The summed E-state index contributed by atoms with van der Waals surface area (Å²) in [6.07, 6.45) is 1.34. The van der Waals surface area contributed by atoms with Gasteiger partial charge in [0.15, 0.2) is 0 Å². The third kappa shape index (κ3) is 3.29. The van der Waals surface area contributed by atoms with Gasteiger partial charge in [0, 0.05) is 18.7 Å². The molecular weight excluding hydrogens is 310 g/mol. The minimum Gasteiger partial charge on any atom is -0.469 e. The van der Waals surface area contributed by atoms with Gasteiger partial charge in [-0.15, -0.1) is 11.3 Å². The number of hydrogen-bond donors (Lipinski definition) is 0. The molecule has 0 N–H and O–H groups in total. The van der Waals surface area contributed by atoms with E-state index in [2.05, 4.69) is 0 Å². The summed E-state index contributed by atoms with van der Waals surface area (Å²) in [5.41, 5.74) is 2.04. The predicted octanol–water partition coefficient (Wildman–Crippen LogP) is 3.44.